The van der Waals surface area contributed by atoms with E-state index in [1.54, 1.807) is 17.1 Å². The van der Waals surface area contributed by atoms with E-state index >= 15 is 0 Å². The molecule has 2 fully saturated rings. The number of carbonyl (C=O) groups is 1. The largest absolute Gasteiger partial charge is 0.356 e. The molecule has 2 aliphatic rings. The number of piperidine rings is 1. The van der Waals surface area contributed by atoms with Gasteiger partial charge in [0.2, 0.25) is 11.9 Å². The van der Waals surface area contributed by atoms with Crippen LogP contribution in [0.2, 0.25) is 0 Å². The molecule has 0 aromatic carbocycles. The average Bonchev–Trinajstić information content (AvgIpc) is 3.39. The van der Waals surface area contributed by atoms with Crippen molar-refractivity contribution in [3.05, 3.63) is 24.7 Å². The van der Waals surface area contributed by atoms with Crippen molar-refractivity contribution in [3.8, 4) is 0 Å². The highest BCUT2D eigenvalue weighted by atomic mass is 16.2. The van der Waals surface area contributed by atoms with Crippen molar-refractivity contribution in [2.75, 3.05) is 23.3 Å². The maximum Gasteiger partial charge on any atom is 0.229 e. The van der Waals surface area contributed by atoms with Gasteiger partial charge in [-0.3, -0.25) is 9.48 Å². The van der Waals surface area contributed by atoms with E-state index < -0.39 is 0 Å². The fraction of sp³-hybridized carbons (Fsp3) is 0.556. The SMILES string of the molecule is Cn1cc(Nc2nccc(N3CCC(C)(NC(=O)C4CC4)CC3)n2)cn1. The standard InChI is InChI=1S/C18H25N7O/c1-18(23-16(26)13-3-4-13)6-9-25(10-7-18)15-5-8-19-17(22-15)21-14-11-20-24(2)12-14/h5,8,11-13H,3-4,6-7,9-10H2,1-2H3,(H,23,26)(H,19,21,22). The number of aromatic nitrogens is 4. The molecule has 1 aliphatic carbocycles. The summed E-state index contributed by atoms with van der Waals surface area (Å²) in [5.41, 5.74) is 0.749. The molecular formula is C18H25N7O. The Balaban J connectivity index is 1.38. The Morgan fingerprint density at radius 1 is 1.31 bits per heavy atom. The van der Waals surface area contributed by atoms with Gasteiger partial charge in [0.1, 0.15) is 5.82 Å². The highest BCUT2D eigenvalue weighted by molar-refractivity contribution is 5.81. The van der Waals surface area contributed by atoms with Crippen molar-refractivity contribution in [1.29, 1.82) is 0 Å². The van der Waals surface area contributed by atoms with Crippen molar-refractivity contribution >= 4 is 23.4 Å². The van der Waals surface area contributed by atoms with Crippen molar-refractivity contribution < 1.29 is 4.79 Å². The normalized spacial score (nSPS) is 19.2. The Labute approximate surface area is 153 Å². The number of rotatable bonds is 5. The predicted octanol–water partition coefficient (Wildman–Crippen LogP) is 1.84. The van der Waals surface area contributed by atoms with Crippen LogP contribution in [0.3, 0.4) is 0 Å². The van der Waals surface area contributed by atoms with E-state index in [1.807, 2.05) is 19.3 Å². The molecule has 0 atom stereocenters. The molecule has 8 heteroatoms. The lowest BCUT2D eigenvalue weighted by Gasteiger charge is -2.40. The van der Waals surface area contributed by atoms with Crippen molar-refractivity contribution in [3.63, 3.8) is 0 Å². The summed E-state index contributed by atoms with van der Waals surface area (Å²) in [5, 5.41) is 10.6. The number of carbonyl (C=O) groups excluding carboxylic acids is 1. The summed E-state index contributed by atoms with van der Waals surface area (Å²) in [6, 6.07) is 1.93. The van der Waals surface area contributed by atoms with Crippen LogP contribution >= 0.6 is 0 Å². The summed E-state index contributed by atoms with van der Waals surface area (Å²) < 4.78 is 1.73. The van der Waals surface area contributed by atoms with Crippen LogP contribution in [0, 0.1) is 5.92 Å². The van der Waals surface area contributed by atoms with Gasteiger partial charge in [0.15, 0.2) is 0 Å². The molecule has 0 unspecified atom stereocenters. The second kappa shape index (κ2) is 6.59. The second-order valence-corrected chi connectivity index (χ2v) is 7.58. The minimum atomic E-state index is -0.111. The van der Waals surface area contributed by atoms with Gasteiger partial charge in [-0.15, -0.1) is 0 Å². The van der Waals surface area contributed by atoms with Crippen LogP contribution in [0.15, 0.2) is 24.7 Å². The first-order valence-electron chi connectivity index (χ1n) is 9.16. The van der Waals surface area contributed by atoms with E-state index in [4.69, 9.17) is 0 Å². The summed E-state index contributed by atoms with van der Waals surface area (Å²) in [7, 11) is 1.87. The van der Waals surface area contributed by atoms with Gasteiger partial charge < -0.3 is 15.5 Å². The zero-order valence-electron chi connectivity index (χ0n) is 15.3. The van der Waals surface area contributed by atoms with Gasteiger partial charge in [-0.1, -0.05) is 0 Å². The molecule has 2 aromatic rings. The van der Waals surface area contributed by atoms with Gasteiger partial charge in [-0.05, 0) is 38.7 Å². The molecule has 8 nitrogen and oxygen atoms in total. The van der Waals surface area contributed by atoms with Crippen molar-refractivity contribution in [1.82, 2.24) is 25.1 Å². The topological polar surface area (TPSA) is 88.0 Å². The minimum absolute atomic E-state index is 0.111. The van der Waals surface area contributed by atoms with E-state index in [9.17, 15) is 4.79 Å². The molecule has 0 radical (unpaired) electrons. The first kappa shape index (κ1) is 16.8. The summed E-state index contributed by atoms with van der Waals surface area (Å²) >= 11 is 0. The Kier molecular flexibility index (Phi) is 4.26. The third kappa shape index (κ3) is 3.79. The highest BCUT2D eigenvalue weighted by Gasteiger charge is 2.37. The Morgan fingerprint density at radius 3 is 2.73 bits per heavy atom. The first-order chi connectivity index (χ1) is 12.5. The summed E-state index contributed by atoms with van der Waals surface area (Å²) in [6.07, 6.45) is 9.31. The number of amides is 1. The molecule has 1 aliphatic heterocycles. The third-order valence-electron chi connectivity index (χ3n) is 5.17. The van der Waals surface area contributed by atoms with E-state index in [0.717, 1.165) is 50.3 Å². The molecule has 138 valence electrons. The fourth-order valence-electron chi connectivity index (χ4n) is 3.30. The number of anilines is 3. The summed E-state index contributed by atoms with van der Waals surface area (Å²) in [4.78, 5) is 23.3. The number of nitrogens with one attached hydrogen (secondary N) is 2. The van der Waals surface area contributed by atoms with Crippen molar-refractivity contribution in [2.45, 2.75) is 38.1 Å². The molecule has 26 heavy (non-hydrogen) atoms. The van der Waals surface area contributed by atoms with Crippen LogP contribution < -0.4 is 15.5 Å². The number of aryl methyl sites for hydroxylation is 1. The lowest BCUT2D eigenvalue weighted by Crippen LogP contribution is -2.54. The van der Waals surface area contributed by atoms with E-state index in [1.165, 1.54) is 0 Å². The van der Waals surface area contributed by atoms with Crippen LogP contribution in [-0.2, 0) is 11.8 Å². The smallest absolute Gasteiger partial charge is 0.229 e. The maximum atomic E-state index is 12.1. The molecule has 1 amide bonds. The van der Waals surface area contributed by atoms with Gasteiger partial charge in [0, 0.05) is 44.0 Å². The van der Waals surface area contributed by atoms with Crippen LogP contribution in [0.1, 0.15) is 32.6 Å². The predicted molar refractivity (Wildman–Crippen MR) is 99.2 cm³/mol. The molecule has 0 bridgehead atoms. The molecule has 3 heterocycles. The van der Waals surface area contributed by atoms with Gasteiger partial charge in [0.25, 0.3) is 0 Å². The Bertz CT molecular complexity index is 790. The molecular weight excluding hydrogens is 330 g/mol. The highest BCUT2D eigenvalue weighted by Crippen LogP contribution is 2.31. The van der Waals surface area contributed by atoms with Crippen LogP contribution in [0.4, 0.5) is 17.5 Å². The number of hydrogen-bond acceptors (Lipinski definition) is 6. The lowest BCUT2D eigenvalue weighted by atomic mass is 9.89. The van der Waals surface area contributed by atoms with Crippen molar-refractivity contribution in [2.24, 2.45) is 13.0 Å². The van der Waals surface area contributed by atoms with E-state index in [-0.39, 0.29) is 17.4 Å². The fourth-order valence-corrected chi connectivity index (χ4v) is 3.30. The number of hydrogen-bond donors (Lipinski definition) is 2. The Morgan fingerprint density at radius 2 is 2.08 bits per heavy atom. The number of nitrogens with zero attached hydrogens (tertiary/aromatic N) is 5. The van der Waals surface area contributed by atoms with Crippen LogP contribution in [0.5, 0.6) is 0 Å². The molecule has 0 spiro atoms. The third-order valence-corrected chi connectivity index (χ3v) is 5.17. The minimum Gasteiger partial charge on any atom is -0.356 e. The van der Waals surface area contributed by atoms with Gasteiger partial charge in [-0.25, -0.2) is 4.98 Å². The molecule has 1 saturated heterocycles. The first-order valence-corrected chi connectivity index (χ1v) is 9.16. The van der Waals surface area contributed by atoms with Crippen LogP contribution in [0.25, 0.3) is 0 Å². The molecule has 1 saturated carbocycles. The average molecular weight is 355 g/mol. The maximum absolute atomic E-state index is 12.1. The molecule has 4 rings (SSSR count). The quantitative estimate of drug-likeness (QED) is 0.851. The Hall–Kier alpha value is -2.64. The molecule has 2 aromatic heterocycles. The summed E-state index contributed by atoms with van der Waals surface area (Å²) in [5.74, 6) is 1.95. The van der Waals surface area contributed by atoms with E-state index in [0.29, 0.717) is 5.95 Å². The van der Waals surface area contributed by atoms with Gasteiger partial charge in [-0.2, -0.15) is 10.1 Å². The summed E-state index contributed by atoms with van der Waals surface area (Å²) in [6.45, 7) is 3.88. The van der Waals surface area contributed by atoms with Gasteiger partial charge >= 0.3 is 0 Å². The van der Waals surface area contributed by atoms with E-state index in [2.05, 4.69) is 37.5 Å². The zero-order chi connectivity index (χ0) is 18.1. The lowest BCUT2D eigenvalue weighted by molar-refractivity contribution is -0.124. The monoisotopic (exact) mass is 355 g/mol. The van der Waals surface area contributed by atoms with Crippen LogP contribution in [-0.4, -0.2) is 44.3 Å². The molecule has 2 N–H and O–H groups in total. The van der Waals surface area contributed by atoms with Gasteiger partial charge in [0.05, 0.1) is 11.9 Å². The second-order valence-electron chi connectivity index (χ2n) is 7.58. The zero-order valence-corrected chi connectivity index (χ0v) is 15.3.